The molecule has 4 aromatic rings. The van der Waals surface area contributed by atoms with Gasteiger partial charge in [0.1, 0.15) is 18.3 Å². The average Bonchev–Trinajstić information content (AvgIpc) is 3.02. The number of anilines is 1. The molecule has 46 heavy (non-hydrogen) atoms. The smallest absolute Gasteiger partial charge is 0.264 e. The van der Waals surface area contributed by atoms with Gasteiger partial charge in [-0.05, 0) is 70.0 Å². The van der Waals surface area contributed by atoms with Gasteiger partial charge in [-0.1, -0.05) is 90.0 Å². The number of sulfonamides is 1. The monoisotopic (exact) mass is 641 g/mol. The second kappa shape index (κ2) is 15.6. The van der Waals surface area contributed by atoms with E-state index in [1.165, 1.54) is 17.0 Å². The molecule has 8 nitrogen and oxygen atoms in total. The molecule has 0 saturated carbocycles. The summed E-state index contributed by atoms with van der Waals surface area (Å²) in [4.78, 5) is 30.0. The number of ether oxygens (including phenoxy) is 1. The Morgan fingerprint density at radius 1 is 0.804 bits per heavy atom. The summed E-state index contributed by atoms with van der Waals surface area (Å²) in [5.74, 6) is -0.511. The summed E-state index contributed by atoms with van der Waals surface area (Å²) >= 11 is 0. The Bertz CT molecular complexity index is 1720. The molecule has 4 aromatic carbocycles. The highest BCUT2D eigenvalue weighted by Crippen LogP contribution is 2.33. The predicted molar refractivity (Wildman–Crippen MR) is 182 cm³/mol. The fourth-order valence-electron chi connectivity index (χ4n) is 5.23. The van der Waals surface area contributed by atoms with Crippen LogP contribution in [0.4, 0.5) is 5.69 Å². The van der Waals surface area contributed by atoms with E-state index in [0.29, 0.717) is 12.4 Å². The van der Waals surface area contributed by atoms with Gasteiger partial charge >= 0.3 is 0 Å². The first-order valence-corrected chi connectivity index (χ1v) is 16.9. The van der Waals surface area contributed by atoms with Crippen molar-refractivity contribution in [3.05, 3.63) is 125 Å². The Morgan fingerprint density at radius 3 is 2.11 bits per heavy atom. The number of nitrogens with zero attached hydrogens (tertiary/aromatic N) is 2. The molecule has 0 aromatic heterocycles. The van der Waals surface area contributed by atoms with Gasteiger partial charge in [0.15, 0.2) is 0 Å². The van der Waals surface area contributed by atoms with Gasteiger partial charge in [0.2, 0.25) is 11.8 Å². The molecule has 2 amide bonds. The zero-order chi connectivity index (χ0) is 33.3. The maximum atomic E-state index is 14.6. The second-order valence-electron chi connectivity index (χ2n) is 11.6. The van der Waals surface area contributed by atoms with Crippen LogP contribution in [0.3, 0.4) is 0 Å². The summed E-state index contributed by atoms with van der Waals surface area (Å²) in [6.07, 6.45) is 0.247. The number of aryl methyl sites for hydroxylation is 2. The highest BCUT2D eigenvalue weighted by atomic mass is 32.2. The minimum atomic E-state index is -4.24. The molecule has 4 rings (SSSR count). The summed E-state index contributed by atoms with van der Waals surface area (Å²) in [6.45, 7) is 9.24. The zero-order valence-electron chi connectivity index (χ0n) is 27.1. The van der Waals surface area contributed by atoms with Gasteiger partial charge in [-0.15, -0.1) is 0 Å². The zero-order valence-corrected chi connectivity index (χ0v) is 28.0. The van der Waals surface area contributed by atoms with Crippen molar-refractivity contribution in [2.45, 2.75) is 64.6 Å². The van der Waals surface area contributed by atoms with Crippen LogP contribution in [0, 0.1) is 13.8 Å². The molecule has 0 aliphatic rings. The van der Waals surface area contributed by atoms with Crippen molar-refractivity contribution in [3.8, 4) is 5.75 Å². The van der Waals surface area contributed by atoms with Gasteiger partial charge in [-0.25, -0.2) is 8.42 Å². The highest BCUT2D eigenvalue weighted by molar-refractivity contribution is 7.92. The van der Waals surface area contributed by atoms with Gasteiger partial charge in [-0.3, -0.25) is 13.9 Å². The standard InChI is InChI=1S/C37H43N3O5S/c1-6-45-35-18-11-10-17-33(35)40(46(43,44)32-21-19-28(4)20-22-32)26-36(41)39(25-31-16-12-13-29(5)23-31)34(37(42)38-27(2)3)24-30-14-8-7-9-15-30/h7-23,27,34H,6,24-26H2,1-5H3,(H,38,42)/t34-/m1/s1. The normalized spacial score (nSPS) is 12.0. The highest BCUT2D eigenvalue weighted by Gasteiger charge is 2.35. The summed E-state index contributed by atoms with van der Waals surface area (Å²) in [5, 5.41) is 2.98. The third-order valence-electron chi connectivity index (χ3n) is 7.46. The molecule has 0 heterocycles. The van der Waals surface area contributed by atoms with E-state index in [2.05, 4.69) is 5.32 Å². The summed E-state index contributed by atoms with van der Waals surface area (Å²) in [6, 6.07) is 29.4. The van der Waals surface area contributed by atoms with Crippen molar-refractivity contribution in [1.82, 2.24) is 10.2 Å². The van der Waals surface area contributed by atoms with Crippen molar-refractivity contribution in [2.24, 2.45) is 0 Å². The van der Waals surface area contributed by atoms with Gasteiger partial charge in [0, 0.05) is 19.0 Å². The third kappa shape index (κ3) is 8.75. The van der Waals surface area contributed by atoms with Crippen molar-refractivity contribution in [3.63, 3.8) is 0 Å². The van der Waals surface area contributed by atoms with Crippen molar-refractivity contribution >= 4 is 27.5 Å². The Balaban J connectivity index is 1.84. The molecule has 0 bridgehead atoms. The molecule has 242 valence electrons. The minimum absolute atomic E-state index is 0.0424. The van der Waals surface area contributed by atoms with Crippen LogP contribution in [0.1, 0.15) is 43.0 Å². The first-order chi connectivity index (χ1) is 22.0. The van der Waals surface area contributed by atoms with Gasteiger partial charge in [0.25, 0.3) is 10.0 Å². The molecule has 0 aliphatic carbocycles. The molecule has 0 saturated heterocycles. The molecular formula is C37H43N3O5S. The van der Waals surface area contributed by atoms with Crippen LogP contribution in [-0.4, -0.2) is 50.4 Å². The van der Waals surface area contributed by atoms with Crippen molar-refractivity contribution < 1.29 is 22.7 Å². The van der Waals surface area contributed by atoms with E-state index < -0.39 is 28.5 Å². The molecule has 0 spiro atoms. The molecular weight excluding hydrogens is 598 g/mol. The second-order valence-corrected chi connectivity index (χ2v) is 13.5. The lowest BCUT2D eigenvalue weighted by atomic mass is 10.0. The first-order valence-electron chi connectivity index (χ1n) is 15.5. The largest absolute Gasteiger partial charge is 0.492 e. The van der Waals surface area contributed by atoms with Crippen LogP contribution in [0.25, 0.3) is 0 Å². The van der Waals surface area contributed by atoms with Crippen LogP contribution >= 0.6 is 0 Å². The number of benzene rings is 4. The van der Waals surface area contributed by atoms with E-state index in [4.69, 9.17) is 4.74 Å². The first kappa shape index (κ1) is 34.2. The molecule has 9 heteroatoms. The molecule has 0 fully saturated rings. The number of carbonyl (C=O) groups excluding carboxylic acids is 2. The Hall–Kier alpha value is -4.63. The number of para-hydroxylation sites is 2. The number of hydrogen-bond acceptors (Lipinski definition) is 5. The van der Waals surface area contributed by atoms with Gasteiger partial charge in [0.05, 0.1) is 17.2 Å². The molecule has 0 aliphatic heterocycles. The van der Waals surface area contributed by atoms with Crippen molar-refractivity contribution in [2.75, 3.05) is 17.5 Å². The summed E-state index contributed by atoms with van der Waals surface area (Å²) < 4.78 is 35.6. The average molecular weight is 642 g/mol. The molecule has 0 radical (unpaired) electrons. The van der Waals surface area contributed by atoms with E-state index >= 15 is 0 Å². The Morgan fingerprint density at radius 2 is 1.46 bits per heavy atom. The third-order valence-corrected chi connectivity index (χ3v) is 9.23. The number of amides is 2. The van der Waals surface area contributed by atoms with Crippen LogP contribution in [0.5, 0.6) is 5.75 Å². The fourth-order valence-corrected chi connectivity index (χ4v) is 6.66. The fraction of sp³-hybridized carbons (Fsp3) is 0.297. The Labute approximate surface area is 273 Å². The van der Waals surface area contributed by atoms with E-state index in [1.54, 1.807) is 36.4 Å². The van der Waals surface area contributed by atoms with Crippen LogP contribution < -0.4 is 14.4 Å². The number of carbonyl (C=O) groups is 2. The number of rotatable bonds is 14. The van der Waals surface area contributed by atoms with Crippen LogP contribution in [0.2, 0.25) is 0 Å². The van der Waals surface area contributed by atoms with Crippen LogP contribution in [-0.2, 0) is 32.6 Å². The van der Waals surface area contributed by atoms with Gasteiger partial charge < -0.3 is 15.0 Å². The number of hydrogen-bond donors (Lipinski definition) is 1. The summed E-state index contributed by atoms with van der Waals surface area (Å²) in [5.41, 5.74) is 3.84. The summed E-state index contributed by atoms with van der Waals surface area (Å²) in [7, 11) is -4.24. The van der Waals surface area contributed by atoms with Gasteiger partial charge in [-0.2, -0.15) is 0 Å². The van der Waals surface area contributed by atoms with E-state index in [-0.39, 0.29) is 35.5 Å². The molecule has 1 N–H and O–H groups in total. The quantitative estimate of drug-likeness (QED) is 0.181. The van der Waals surface area contributed by atoms with E-state index in [1.807, 2.05) is 89.2 Å². The predicted octanol–water partition coefficient (Wildman–Crippen LogP) is 6.06. The topological polar surface area (TPSA) is 96.0 Å². The lowest BCUT2D eigenvalue weighted by molar-refractivity contribution is -0.140. The minimum Gasteiger partial charge on any atom is -0.492 e. The lowest BCUT2D eigenvalue weighted by Gasteiger charge is -2.34. The van der Waals surface area contributed by atoms with Crippen LogP contribution in [0.15, 0.2) is 108 Å². The molecule has 0 unspecified atom stereocenters. The molecule has 1 atom stereocenters. The maximum absolute atomic E-state index is 14.6. The van der Waals surface area contributed by atoms with E-state index in [9.17, 15) is 18.0 Å². The SMILES string of the molecule is CCOc1ccccc1N(CC(=O)N(Cc1cccc(C)c1)[C@H](Cc1ccccc1)C(=O)NC(C)C)S(=O)(=O)c1ccc(C)cc1. The number of nitrogens with one attached hydrogen (secondary N) is 1. The lowest BCUT2D eigenvalue weighted by Crippen LogP contribution is -2.54. The maximum Gasteiger partial charge on any atom is 0.264 e. The van der Waals surface area contributed by atoms with E-state index in [0.717, 1.165) is 26.6 Å². The van der Waals surface area contributed by atoms with Crippen molar-refractivity contribution in [1.29, 1.82) is 0 Å². The Kier molecular flexibility index (Phi) is 11.6.